The van der Waals surface area contributed by atoms with Crippen molar-refractivity contribution in [2.24, 2.45) is 0 Å². The molecule has 0 radical (unpaired) electrons. The third kappa shape index (κ3) is 5.85. The summed E-state index contributed by atoms with van der Waals surface area (Å²) < 4.78 is 41.4. The summed E-state index contributed by atoms with van der Waals surface area (Å²) >= 11 is 0. The van der Waals surface area contributed by atoms with E-state index in [0.717, 1.165) is 5.56 Å². The minimum Gasteiger partial charge on any atom is -0.384 e. The molecule has 1 N–H and O–H groups in total. The summed E-state index contributed by atoms with van der Waals surface area (Å²) in [5, 5.41) is 2.47. The smallest absolute Gasteiger partial charge is 0.384 e. The van der Waals surface area contributed by atoms with Crippen molar-refractivity contribution in [1.82, 2.24) is 5.32 Å². The molecule has 1 atom stereocenters. The van der Waals surface area contributed by atoms with Crippen LogP contribution in [0, 0.1) is 0 Å². The number of hydrogen-bond acceptors (Lipinski definition) is 2. The number of hydrogen-bond donors (Lipinski definition) is 1. The van der Waals surface area contributed by atoms with Crippen LogP contribution in [-0.4, -0.2) is 35.5 Å². The zero-order chi connectivity index (χ0) is 12.7. The van der Waals surface area contributed by atoms with Crippen LogP contribution in [0.4, 0.5) is 12.3 Å². The molecule has 1 unspecified atom stereocenters. The lowest BCUT2D eigenvalue weighted by Gasteiger charge is -2.17. The molecule has 0 amide bonds. The van der Waals surface area contributed by atoms with E-state index in [9.17, 15) is 12.3 Å². The number of methoxy groups -OCH3 is 1. The van der Waals surface area contributed by atoms with Gasteiger partial charge in [0.2, 0.25) is 0 Å². The first-order chi connectivity index (χ1) is 8.03. The predicted octanol–water partition coefficient (Wildman–Crippen LogP) is 2.39. The lowest BCUT2D eigenvalue weighted by molar-refractivity contribution is 0.178. The van der Waals surface area contributed by atoms with Gasteiger partial charge in [0.05, 0.1) is 12.8 Å². The molecule has 0 aliphatic rings. The topological polar surface area (TPSA) is 21.3 Å². The molecule has 0 fully saturated rings. The van der Waals surface area contributed by atoms with Gasteiger partial charge < -0.3 is 10.1 Å². The fraction of sp³-hybridized carbons (Fsp3) is 0.455. The maximum Gasteiger partial charge on any atom is 0.630 e. The standard InChI is InChI=1S/C11H16F3NOSi/c1-16-8-11(7-15-9-17(12,13)14)10-5-3-2-4-6-10/h2-6,11,15H,7-9H2,1H3. The lowest BCUT2D eigenvalue weighted by Crippen LogP contribution is -2.36. The molecule has 1 aromatic rings. The molecule has 1 rings (SSSR count). The second-order valence-corrected chi connectivity index (χ2v) is 5.39. The van der Waals surface area contributed by atoms with Crippen LogP contribution in [0.15, 0.2) is 30.3 Å². The summed E-state index contributed by atoms with van der Waals surface area (Å²) in [6.45, 7) is 0.695. The van der Waals surface area contributed by atoms with Crippen LogP contribution in [0.2, 0.25) is 0 Å². The van der Waals surface area contributed by atoms with Gasteiger partial charge in [0, 0.05) is 19.6 Å². The van der Waals surface area contributed by atoms with Crippen LogP contribution in [-0.2, 0) is 4.74 Å². The second kappa shape index (κ2) is 6.78. The highest BCUT2D eigenvalue weighted by molar-refractivity contribution is 6.58. The van der Waals surface area contributed by atoms with Crippen LogP contribution in [0.3, 0.4) is 0 Å². The first-order valence-electron chi connectivity index (χ1n) is 5.34. The van der Waals surface area contributed by atoms with Gasteiger partial charge in [-0.15, -0.1) is 0 Å². The van der Waals surface area contributed by atoms with Crippen molar-refractivity contribution in [3.63, 3.8) is 0 Å². The van der Waals surface area contributed by atoms with E-state index in [-0.39, 0.29) is 12.5 Å². The Morgan fingerprint density at radius 2 is 1.88 bits per heavy atom. The van der Waals surface area contributed by atoms with Crippen LogP contribution in [0.25, 0.3) is 0 Å². The SMILES string of the molecule is COCC(CNC[Si](F)(F)F)c1ccccc1. The molecule has 0 spiro atoms. The Morgan fingerprint density at radius 1 is 1.24 bits per heavy atom. The van der Waals surface area contributed by atoms with E-state index in [2.05, 4.69) is 5.32 Å². The first kappa shape index (κ1) is 14.2. The minimum absolute atomic E-state index is 0.0439. The van der Waals surface area contributed by atoms with Crippen molar-refractivity contribution in [2.75, 3.05) is 26.4 Å². The van der Waals surface area contributed by atoms with Gasteiger partial charge in [0.15, 0.2) is 0 Å². The van der Waals surface area contributed by atoms with Gasteiger partial charge in [-0.25, -0.2) is 12.3 Å². The summed E-state index contributed by atoms with van der Waals surface area (Å²) in [7, 11) is -3.95. The zero-order valence-corrected chi connectivity index (χ0v) is 10.6. The Hall–Kier alpha value is -0.853. The summed E-state index contributed by atoms with van der Waals surface area (Å²) in [6.07, 6.45) is -0.833. The Bertz CT molecular complexity index is 318. The number of ether oxygens (including phenoxy) is 1. The molecule has 0 bridgehead atoms. The molecule has 0 saturated heterocycles. The van der Waals surface area contributed by atoms with Crippen molar-refractivity contribution in [1.29, 1.82) is 0 Å². The number of nitrogens with one attached hydrogen (secondary N) is 1. The molecule has 0 aliphatic heterocycles. The molecule has 2 nitrogen and oxygen atoms in total. The minimum atomic E-state index is -5.50. The van der Waals surface area contributed by atoms with Crippen LogP contribution < -0.4 is 5.32 Å². The average Bonchev–Trinajstić information content (AvgIpc) is 2.27. The molecule has 17 heavy (non-hydrogen) atoms. The summed E-state index contributed by atoms with van der Waals surface area (Å²) in [5.74, 6) is -0.0439. The van der Waals surface area contributed by atoms with Gasteiger partial charge in [0.25, 0.3) is 0 Å². The summed E-state index contributed by atoms with van der Waals surface area (Å²) in [4.78, 5) is 0. The van der Waals surface area contributed by atoms with E-state index < -0.39 is 15.2 Å². The lowest BCUT2D eigenvalue weighted by atomic mass is 10.0. The van der Waals surface area contributed by atoms with Gasteiger partial charge in [-0.3, -0.25) is 0 Å². The highest BCUT2D eigenvalue weighted by atomic mass is 28.5. The highest BCUT2D eigenvalue weighted by Gasteiger charge is 2.36. The maximum absolute atomic E-state index is 12.1. The molecule has 6 heteroatoms. The molecular weight excluding hydrogens is 247 g/mol. The van der Waals surface area contributed by atoms with E-state index in [1.165, 1.54) is 0 Å². The van der Waals surface area contributed by atoms with E-state index in [4.69, 9.17) is 4.74 Å². The Labute approximate surface area is 100 Å². The number of benzene rings is 1. The Balaban J connectivity index is 2.50. The molecule has 0 aromatic heterocycles. The Morgan fingerprint density at radius 3 is 2.41 bits per heavy atom. The molecule has 0 heterocycles. The van der Waals surface area contributed by atoms with Gasteiger partial charge in [-0.1, -0.05) is 30.3 Å². The van der Waals surface area contributed by atoms with E-state index in [0.29, 0.717) is 6.61 Å². The van der Waals surface area contributed by atoms with E-state index in [1.807, 2.05) is 30.3 Å². The third-order valence-corrected chi connectivity index (χ3v) is 3.01. The summed E-state index contributed by atoms with van der Waals surface area (Å²) in [6, 6.07) is 9.42. The molecular formula is C11H16F3NOSi. The monoisotopic (exact) mass is 263 g/mol. The molecule has 0 saturated carbocycles. The summed E-state index contributed by atoms with van der Waals surface area (Å²) in [5.41, 5.74) is 0.991. The van der Waals surface area contributed by atoms with Crippen molar-refractivity contribution in [3.8, 4) is 0 Å². The van der Waals surface area contributed by atoms with Crippen LogP contribution in [0.5, 0.6) is 0 Å². The normalized spacial score (nSPS) is 13.6. The van der Waals surface area contributed by atoms with Crippen LogP contribution >= 0.6 is 0 Å². The Kier molecular flexibility index (Phi) is 5.67. The van der Waals surface area contributed by atoms with Gasteiger partial charge in [-0.2, -0.15) is 0 Å². The third-order valence-electron chi connectivity index (χ3n) is 2.36. The van der Waals surface area contributed by atoms with E-state index in [1.54, 1.807) is 7.11 Å². The average molecular weight is 263 g/mol. The van der Waals surface area contributed by atoms with Crippen molar-refractivity contribution in [3.05, 3.63) is 35.9 Å². The second-order valence-electron chi connectivity index (χ2n) is 3.81. The maximum atomic E-state index is 12.1. The number of halogens is 3. The fourth-order valence-electron chi connectivity index (χ4n) is 1.59. The predicted molar refractivity (Wildman–Crippen MR) is 63.0 cm³/mol. The molecule has 0 aliphatic carbocycles. The zero-order valence-electron chi connectivity index (χ0n) is 9.63. The first-order valence-corrected chi connectivity index (χ1v) is 7.18. The van der Waals surface area contributed by atoms with Gasteiger partial charge in [-0.05, 0) is 5.56 Å². The number of rotatable bonds is 7. The highest BCUT2D eigenvalue weighted by Crippen LogP contribution is 2.15. The van der Waals surface area contributed by atoms with Gasteiger partial charge >= 0.3 is 9.08 Å². The van der Waals surface area contributed by atoms with Crippen molar-refractivity contribution >= 4 is 9.08 Å². The molecule has 1 aromatic carbocycles. The van der Waals surface area contributed by atoms with Crippen LogP contribution in [0.1, 0.15) is 11.5 Å². The van der Waals surface area contributed by atoms with Crippen molar-refractivity contribution in [2.45, 2.75) is 5.92 Å². The largest absolute Gasteiger partial charge is 0.630 e. The quantitative estimate of drug-likeness (QED) is 0.602. The fourth-order valence-corrected chi connectivity index (χ4v) is 2.02. The van der Waals surface area contributed by atoms with Crippen molar-refractivity contribution < 1.29 is 17.1 Å². The van der Waals surface area contributed by atoms with Gasteiger partial charge in [0.1, 0.15) is 0 Å². The molecule has 96 valence electrons. The van der Waals surface area contributed by atoms with E-state index >= 15 is 0 Å².